The fourth-order valence-electron chi connectivity index (χ4n) is 5.54. The van der Waals surface area contributed by atoms with Crippen molar-refractivity contribution in [2.24, 2.45) is 0 Å². The highest BCUT2D eigenvalue weighted by atomic mass is 31.2. The van der Waals surface area contributed by atoms with Gasteiger partial charge in [-0.2, -0.15) is 0 Å². The summed E-state index contributed by atoms with van der Waals surface area (Å²) in [6.07, 6.45) is 47.9. The van der Waals surface area contributed by atoms with Gasteiger partial charge in [0.1, 0.15) is 19.8 Å². The van der Waals surface area contributed by atoms with Gasteiger partial charge >= 0.3 is 11.9 Å². The third-order valence-electron chi connectivity index (χ3n) is 8.99. The van der Waals surface area contributed by atoms with E-state index in [-0.39, 0.29) is 26.1 Å². The lowest BCUT2D eigenvalue weighted by molar-refractivity contribution is -0.870. The summed E-state index contributed by atoms with van der Waals surface area (Å²) < 4.78 is 33.8. The number of carbonyl (C=O) groups is 2. The molecule has 0 bridgehead atoms. The molecule has 0 radical (unpaired) electrons. The third kappa shape index (κ3) is 42.9. The lowest BCUT2D eigenvalue weighted by Crippen LogP contribution is -2.37. The first-order chi connectivity index (χ1) is 27.5. The molecule has 328 valence electrons. The summed E-state index contributed by atoms with van der Waals surface area (Å²) >= 11 is 0. The predicted molar refractivity (Wildman–Crippen MR) is 236 cm³/mol. The van der Waals surface area contributed by atoms with E-state index in [4.69, 9.17) is 18.5 Å². The number of quaternary nitrogens is 1. The average molecular weight is 820 g/mol. The summed E-state index contributed by atoms with van der Waals surface area (Å²) in [6.45, 7) is 4.04. The number of phosphoric ester groups is 1. The van der Waals surface area contributed by atoms with Gasteiger partial charge < -0.3 is 27.9 Å². The Bertz CT molecular complexity index is 1200. The minimum Gasteiger partial charge on any atom is -0.756 e. The van der Waals surface area contributed by atoms with Crippen molar-refractivity contribution in [3.8, 4) is 0 Å². The lowest BCUT2D eigenvalue weighted by atomic mass is 10.0. The Morgan fingerprint density at radius 1 is 0.561 bits per heavy atom. The van der Waals surface area contributed by atoms with Crippen LogP contribution in [0.25, 0.3) is 0 Å². The van der Waals surface area contributed by atoms with E-state index in [1.54, 1.807) is 0 Å². The van der Waals surface area contributed by atoms with Crippen LogP contribution < -0.4 is 4.89 Å². The quantitative estimate of drug-likeness (QED) is 0.0198. The van der Waals surface area contributed by atoms with Crippen molar-refractivity contribution in [3.63, 3.8) is 0 Å². The number of phosphoric acid groups is 1. The zero-order chi connectivity index (χ0) is 42.1. The van der Waals surface area contributed by atoms with Crippen LogP contribution in [0.3, 0.4) is 0 Å². The van der Waals surface area contributed by atoms with Crippen LogP contribution in [0, 0.1) is 0 Å². The number of likely N-dealkylation sites (N-methyl/N-ethyl adjacent to an activating group) is 1. The van der Waals surface area contributed by atoms with Crippen molar-refractivity contribution in [1.82, 2.24) is 0 Å². The summed E-state index contributed by atoms with van der Waals surface area (Å²) in [6, 6.07) is 0. The van der Waals surface area contributed by atoms with Crippen molar-refractivity contribution in [2.45, 2.75) is 168 Å². The molecule has 0 saturated heterocycles. The van der Waals surface area contributed by atoms with Gasteiger partial charge in [-0.15, -0.1) is 0 Å². The van der Waals surface area contributed by atoms with Crippen LogP contribution in [0.15, 0.2) is 72.9 Å². The average Bonchev–Trinajstić information content (AvgIpc) is 3.16. The highest BCUT2D eigenvalue weighted by molar-refractivity contribution is 7.45. The number of carbonyl (C=O) groups excluding carboxylic acids is 2. The number of hydrogen-bond acceptors (Lipinski definition) is 8. The molecule has 0 fully saturated rings. The maximum Gasteiger partial charge on any atom is 0.306 e. The molecule has 0 aromatic carbocycles. The highest BCUT2D eigenvalue weighted by Gasteiger charge is 2.21. The zero-order valence-electron chi connectivity index (χ0n) is 36.8. The van der Waals surface area contributed by atoms with E-state index in [0.29, 0.717) is 17.4 Å². The Morgan fingerprint density at radius 3 is 1.49 bits per heavy atom. The lowest BCUT2D eigenvalue weighted by Gasteiger charge is -2.28. The minimum absolute atomic E-state index is 0.0421. The molecule has 0 aromatic rings. The van der Waals surface area contributed by atoms with Gasteiger partial charge in [-0.1, -0.05) is 157 Å². The van der Waals surface area contributed by atoms with E-state index in [2.05, 4.69) is 86.8 Å². The van der Waals surface area contributed by atoms with Crippen molar-refractivity contribution in [2.75, 3.05) is 47.5 Å². The maximum absolute atomic E-state index is 12.7. The summed E-state index contributed by atoms with van der Waals surface area (Å²) in [4.78, 5) is 37.5. The second kappa shape index (κ2) is 38.9. The summed E-state index contributed by atoms with van der Waals surface area (Å²) in [7, 11) is 1.13. The molecule has 0 heterocycles. The molecule has 57 heavy (non-hydrogen) atoms. The summed E-state index contributed by atoms with van der Waals surface area (Å²) in [5, 5.41) is 0. The first-order valence-corrected chi connectivity index (χ1v) is 23.6. The minimum atomic E-state index is -4.64. The number of esters is 2. The van der Waals surface area contributed by atoms with Gasteiger partial charge in [0.15, 0.2) is 6.10 Å². The second-order valence-electron chi connectivity index (χ2n) is 15.7. The molecule has 0 saturated carbocycles. The normalized spacial score (nSPS) is 14.3. The number of nitrogens with zero attached hydrogens (tertiary/aromatic N) is 1. The molecule has 10 heteroatoms. The maximum atomic E-state index is 12.7. The Kier molecular flexibility index (Phi) is 37.2. The van der Waals surface area contributed by atoms with Gasteiger partial charge in [0, 0.05) is 12.8 Å². The molecule has 2 unspecified atom stereocenters. The van der Waals surface area contributed by atoms with Gasteiger partial charge in [0.25, 0.3) is 7.82 Å². The van der Waals surface area contributed by atoms with Gasteiger partial charge in [-0.05, 0) is 64.2 Å². The molecule has 0 aliphatic heterocycles. The van der Waals surface area contributed by atoms with Crippen molar-refractivity contribution < 1.29 is 42.1 Å². The van der Waals surface area contributed by atoms with E-state index in [1.165, 1.54) is 57.8 Å². The molecule has 0 aliphatic rings. The summed E-state index contributed by atoms with van der Waals surface area (Å²) in [5.41, 5.74) is 0. The first-order valence-electron chi connectivity index (χ1n) is 22.1. The van der Waals surface area contributed by atoms with Crippen LogP contribution in [0.2, 0.25) is 0 Å². The van der Waals surface area contributed by atoms with E-state index in [0.717, 1.165) is 70.6 Å². The standard InChI is InChI=1S/C47H82NO8P/c1-6-8-10-12-14-16-18-20-21-22-23-24-25-26-27-28-30-32-34-36-38-40-47(50)56-45(44-55-57(51,52)54-42-41-48(3,4)5)43-53-46(49)39-37-35-33-31-29-19-17-15-13-11-9-7-2/h8,10,14,16,20-21,23-24,26-27,30,32,45H,6-7,9,11-13,15,17-19,22,25,28-29,31,33-44H2,1-5H3/b10-8-,16-14-,21-20-,24-23-,27-26-,32-30-. The largest absolute Gasteiger partial charge is 0.756 e. The molecule has 0 spiro atoms. The van der Waals surface area contributed by atoms with E-state index in [9.17, 15) is 19.0 Å². The zero-order valence-corrected chi connectivity index (χ0v) is 37.7. The third-order valence-corrected chi connectivity index (χ3v) is 9.96. The van der Waals surface area contributed by atoms with Crippen molar-refractivity contribution in [3.05, 3.63) is 72.9 Å². The summed E-state index contributed by atoms with van der Waals surface area (Å²) in [5.74, 6) is -0.890. The van der Waals surface area contributed by atoms with Gasteiger partial charge in [-0.25, -0.2) is 0 Å². The Balaban J connectivity index is 4.45. The highest BCUT2D eigenvalue weighted by Crippen LogP contribution is 2.38. The molecule has 2 atom stereocenters. The van der Waals surface area contributed by atoms with Crippen LogP contribution in [0.5, 0.6) is 0 Å². The topological polar surface area (TPSA) is 111 Å². The SMILES string of the molecule is CC/C=C\C/C=C\C/C=C\C/C=C\C/C=C\C/C=C\CCCCC(=O)OC(COC(=O)CCCCCCCCCCCCCC)COP(=O)([O-])OCC[N+](C)(C)C. The van der Waals surface area contributed by atoms with E-state index >= 15 is 0 Å². The monoisotopic (exact) mass is 820 g/mol. The van der Waals surface area contributed by atoms with Gasteiger partial charge in [0.05, 0.1) is 27.7 Å². The fraction of sp³-hybridized carbons (Fsp3) is 0.702. The number of ether oxygens (including phenoxy) is 2. The van der Waals surface area contributed by atoms with E-state index < -0.39 is 32.5 Å². The predicted octanol–water partition coefficient (Wildman–Crippen LogP) is 12.0. The van der Waals surface area contributed by atoms with Crippen LogP contribution in [0.4, 0.5) is 0 Å². The Hall–Kier alpha value is -2.55. The first kappa shape index (κ1) is 54.5. The number of unbranched alkanes of at least 4 members (excludes halogenated alkanes) is 13. The molecule has 0 rings (SSSR count). The van der Waals surface area contributed by atoms with Crippen LogP contribution in [-0.2, 0) is 32.7 Å². The van der Waals surface area contributed by atoms with Crippen LogP contribution in [-0.4, -0.2) is 70.0 Å². The molecule has 0 aliphatic carbocycles. The smallest absolute Gasteiger partial charge is 0.306 e. The van der Waals surface area contributed by atoms with Gasteiger partial charge in [-0.3, -0.25) is 14.2 Å². The number of rotatable bonds is 39. The number of allylic oxidation sites excluding steroid dienone is 12. The Labute approximate surface area is 348 Å². The van der Waals surface area contributed by atoms with Crippen molar-refractivity contribution in [1.29, 1.82) is 0 Å². The molecular weight excluding hydrogens is 737 g/mol. The van der Waals surface area contributed by atoms with Crippen LogP contribution in [0.1, 0.15) is 162 Å². The van der Waals surface area contributed by atoms with Gasteiger partial charge in [0.2, 0.25) is 0 Å². The molecule has 0 N–H and O–H groups in total. The molecular formula is C47H82NO8P. The number of hydrogen-bond donors (Lipinski definition) is 0. The second-order valence-corrected chi connectivity index (χ2v) is 17.1. The Morgan fingerprint density at radius 2 is 1.00 bits per heavy atom. The van der Waals surface area contributed by atoms with Crippen LogP contribution >= 0.6 is 7.82 Å². The van der Waals surface area contributed by atoms with Crippen molar-refractivity contribution >= 4 is 19.8 Å². The fourth-order valence-corrected chi connectivity index (χ4v) is 6.27. The molecule has 0 amide bonds. The molecule has 9 nitrogen and oxygen atoms in total. The van der Waals surface area contributed by atoms with E-state index in [1.807, 2.05) is 21.1 Å². The molecule has 0 aromatic heterocycles.